The summed E-state index contributed by atoms with van der Waals surface area (Å²) in [6.07, 6.45) is 1.76. The van der Waals surface area contributed by atoms with Crippen molar-refractivity contribution in [1.29, 1.82) is 0 Å². The van der Waals surface area contributed by atoms with E-state index in [0.717, 1.165) is 5.56 Å². The zero-order valence-electron chi connectivity index (χ0n) is 13.9. The predicted molar refractivity (Wildman–Crippen MR) is 92.2 cm³/mol. The van der Waals surface area contributed by atoms with Crippen molar-refractivity contribution in [2.24, 2.45) is 0 Å². The maximum atomic E-state index is 12.7. The molecule has 7 heteroatoms. The fourth-order valence-corrected chi connectivity index (χ4v) is 2.74. The molecule has 2 rings (SSSR count). The molecule has 1 aromatic carbocycles. The second kappa shape index (κ2) is 8.65. The van der Waals surface area contributed by atoms with Gasteiger partial charge in [0.05, 0.1) is 13.2 Å². The number of carbonyl (C=O) groups excluding carboxylic acids is 1. The number of aryl methyl sites for hydroxylation is 1. The van der Waals surface area contributed by atoms with E-state index in [0.29, 0.717) is 17.5 Å². The van der Waals surface area contributed by atoms with Crippen molar-refractivity contribution in [1.82, 2.24) is 9.55 Å². The second-order valence-electron chi connectivity index (χ2n) is 4.96. The van der Waals surface area contributed by atoms with Crippen LogP contribution in [-0.4, -0.2) is 28.4 Å². The monoisotopic (exact) mass is 348 g/mol. The van der Waals surface area contributed by atoms with Crippen LogP contribution < -0.4 is 5.56 Å². The molecule has 1 heterocycles. The molecule has 0 aliphatic heterocycles. The quantitative estimate of drug-likeness (QED) is 0.435. The lowest BCUT2D eigenvalue weighted by atomic mass is 10.2. The Labute approximate surface area is 144 Å². The van der Waals surface area contributed by atoms with E-state index in [9.17, 15) is 9.59 Å². The number of esters is 1. The molecular formula is C17H20N2O4S. The first-order valence-corrected chi connectivity index (χ1v) is 8.75. The van der Waals surface area contributed by atoms with Crippen LogP contribution in [0.1, 0.15) is 28.7 Å². The van der Waals surface area contributed by atoms with Crippen molar-refractivity contribution in [2.75, 3.05) is 12.9 Å². The summed E-state index contributed by atoms with van der Waals surface area (Å²) in [6, 6.07) is 9.64. The number of ether oxygens (including phenoxy) is 2. The highest BCUT2D eigenvalue weighted by atomic mass is 32.2. The zero-order valence-corrected chi connectivity index (χ0v) is 14.8. The van der Waals surface area contributed by atoms with Gasteiger partial charge in [-0.15, -0.1) is 11.8 Å². The number of carbonyl (C=O) groups is 1. The van der Waals surface area contributed by atoms with Gasteiger partial charge in [0.1, 0.15) is 17.6 Å². The van der Waals surface area contributed by atoms with Crippen molar-refractivity contribution in [3.63, 3.8) is 0 Å². The van der Waals surface area contributed by atoms with Crippen molar-refractivity contribution >= 4 is 17.7 Å². The summed E-state index contributed by atoms with van der Waals surface area (Å²) in [5, 5.41) is 0.371. The Balaban J connectivity index is 2.24. The van der Waals surface area contributed by atoms with Crippen LogP contribution >= 0.6 is 11.8 Å². The lowest BCUT2D eigenvalue weighted by Gasteiger charge is -2.14. The summed E-state index contributed by atoms with van der Waals surface area (Å²) in [5.41, 5.74) is 0.513. The molecule has 0 radical (unpaired) electrons. The third-order valence-electron chi connectivity index (χ3n) is 3.33. The van der Waals surface area contributed by atoms with Crippen LogP contribution in [0.4, 0.5) is 0 Å². The van der Waals surface area contributed by atoms with Crippen LogP contribution in [0, 0.1) is 6.92 Å². The first-order chi connectivity index (χ1) is 11.6. The van der Waals surface area contributed by atoms with E-state index in [-0.39, 0.29) is 18.9 Å². The Morgan fingerprint density at radius 2 is 2.00 bits per heavy atom. The summed E-state index contributed by atoms with van der Waals surface area (Å²) >= 11 is 1.24. The summed E-state index contributed by atoms with van der Waals surface area (Å²) in [6.45, 7) is 3.99. The molecule has 0 saturated carbocycles. The number of thioether (sulfide) groups is 1. The Bertz CT molecular complexity index is 759. The molecule has 0 aliphatic carbocycles. The molecular weight excluding hydrogens is 328 g/mol. The standard InChI is InChI=1S/C17H20N2O4S/c1-4-23-17(21)14-15(24-3)18-12(2)19(16(14)20)11-22-10-13-8-6-5-7-9-13/h5-9H,4,10-11H2,1-3H3. The molecule has 128 valence electrons. The lowest BCUT2D eigenvalue weighted by Crippen LogP contribution is -2.32. The minimum Gasteiger partial charge on any atom is -0.462 e. The maximum Gasteiger partial charge on any atom is 0.346 e. The number of rotatable bonds is 7. The van der Waals surface area contributed by atoms with Gasteiger partial charge in [0, 0.05) is 0 Å². The van der Waals surface area contributed by atoms with E-state index < -0.39 is 11.5 Å². The fourth-order valence-electron chi connectivity index (χ4n) is 2.14. The molecule has 0 spiro atoms. The smallest absolute Gasteiger partial charge is 0.346 e. The van der Waals surface area contributed by atoms with Gasteiger partial charge in [-0.2, -0.15) is 0 Å². The van der Waals surface area contributed by atoms with Gasteiger partial charge in [-0.3, -0.25) is 9.36 Å². The average Bonchev–Trinajstić information content (AvgIpc) is 2.58. The second-order valence-corrected chi connectivity index (χ2v) is 5.76. The van der Waals surface area contributed by atoms with E-state index in [2.05, 4.69) is 4.98 Å². The lowest BCUT2D eigenvalue weighted by molar-refractivity contribution is 0.0496. The Morgan fingerprint density at radius 1 is 1.29 bits per heavy atom. The fraction of sp³-hybridized carbons (Fsp3) is 0.353. The van der Waals surface area contributed by atoms with Gasteiger partial charge >= 0.3 is 5.97 Å². The van der Waals surface area contributed by atoms with Crippen LogP contribution in [0.3, 0.4) is 0 Å². The van der Waals surface area contributed by atoms with Gasteiger partial charge in [0.2, 0.25) is 0 Å². The molecule has 24 heavy (non-hydrogen) atoms. The third kappa shape index (κ3) is 4.24. The van der Waals surface area contributed by atoms with Crippen molar-refractivity contribution in [3.8, 4) is 0 Å². The average molecular weight is 348 g/mol. The summed E-state index contributed by atoms with van der Waals surface area (Å²) in [7, 11) is 0. The molecule has 0 unspecified atom stereocenters. The predicted octanol–water partition coefficient (Wildman–Crippen LogP) is 2.62. The molecule has 0 saturated heterocycles. The first-order valence-electron chi connectivity index (χ1n) is 7.52. The number of aromatic nitrogens is 2. The van der Waals surface area contributed by atoms with Gasteiger partial charge in [0.15, 0.2) is 5.56 Å². The molecule has 2 aromatic rings. The molecule has 0 aliphatic rings. The van der Waals surface area contributed by atoms with Gasteiger partial charge in [0.25, 0.3) is 5.56 Å². The molecule has 0 atom stereocenters. The molecule has 0 fully saturated rings. The van der Waals surface area contributed by atoms with Crippen LogP contribution in [0.5, 0.6) is 0 Å². The Kier molecular flexibility index (Phi) is 6.57. The first kappa shape index (κ1) is 18.2. The number of benzene rings is 1. The molecule has 6 nitrogen and oxygen atoms in total. The van der Waals surface area contributed by atoms with Crippen LogP contribution in [0.15, 0.2) is 40.2 Å². The highest BCUT2D eigenvalue weighted by molar-refractivity contribution is 7.98. The van der Waals surface area contributed by atoms with Crippen LogP contribution in [0.2, 0.25) is 0 Å². The molecule has 0 bridgehead atoms. The topological polar surface area (TPSA) is 70.4 Å². The van der Waals surface area contributed by atoms with Crippen LogP contribution in [0.25, 0.3) is 0 Å². The van der Waals surface area contributed by atoms with Crippen molar-refractivity contribution < 1.29 is 14.3 Å². The largest absolute Gasteiger partial charge is 0.462 e. The minimum absolute atomic E-state index is 0.0215. The van der Waals surface area contributed by atoms with E-state index in [1.165, 1.54) is 16.3 Å². The van der Waals surface area contributed by atoms with E-state index in [1.54, 1.807) is 20.1 Å². The summed E-state index contributed by atoms with van der Waals surface area (Å²) in [4.78, 5) is 29.1. The molecule has 1 aromatic heterocycles. The van der Waals surface area contributed by atoms with E-state index in [1.807, 2.05) is 30.3 Å². The van der Waals surface area contributed by atoms with E-state index >= 15 is 0 Å². The minimum atomic E-state index is -0.656. The summed E-state index contributed by atoms with van der Waals surface area (Å²) < 4.78 is 11.9. The number of hydrogen-bond donors (Lipinski definition) is 0. The third-order valence-corrected chi connectivity index (χ3v) is 4.01. The zero-order chi connectivity index (χ0) is 17.5. The molecule has 0 N–H and O–H groups in total. The number of nitrogens with zero attached hydrogens (tertiary/aromatic N) is 2. The van der Waals surface area contributed by atoms with Gasteiger partial charge in [-0.05, 0) is 25.7 Å². The summed E-state index contributed by atoms with van der Waals surface area (Å²) in [5.74, 6) is -0.165. The van der Waals surface area contributed by atoms with Gasteiger partial charge in [-0.1, -0.05) is 30.3 Å². The normalized spacial score (nSPS) is 10.6. The number of hydrogen-bond acceptors (Lipinski definition) is 6. The van der Waals surface area contributed by atoms with Gasteiger partial charge in [-0.25, -0.2) is 9.78 Å². The Hall–Kier alpha value is -2.12. The van der Waals surface area contributed by atoms with Crippen LogP contribution in [-0.2, 0) is 22.8 Å². The van der Waals surface area contributed by atoms with Crippen molar-refractivity contribution in [3.05, 3.63) is 57.6 Å². The van der Waals surface area contributed by atoms with Gasteiger partial charge < -0.3 is 9.47 Å². The van der Waals surface area contributed by atoms with E-state index in [4.69, 9.17) is 9.47 Å². The maximum absolute atomic E-state index is 12.7. The highest BCUT2D eigenvalue weighted by Crippen LogP contribution is 2.16. The Morgan fingerprint density at radius 3 is 2.62 bits per heavy atom. The highest BCUT2D eigenvalue weighted by Gasteiger charge is 2.22. The molecule has 0 amide bonds. The SMILES string of the molecule is CCOC(=O)c1c(SC)nc(C)n(COCc2ccccc2)c1=O. The van der Waals surface area contributed by atoms with Crippen molar-refractivity contribution in [2.45, 2.75) is 32.2 Å².